The fourth-order valence-electron chi connectivity index (χ4n) is 4.42. The average molecular weight is 611 g/mol. The quantitative estimate of drug-likeness (QED) is 0.168. The number of ketones is 1. The van der Waals surface area contributed by atoms with Crippen molar-refractivity contribution in [3.05, 3.63) is 60.9 Å². The minimum atomic E-state index is -4.65. The van der Waals surface area contributed by atoms with Crippen molar-refractivity contribution < 1.29 is 27.5 Å². The highest BCUT2D eigenvalue weighted by Crippen LogP contribution is 2.37. The lowest BCUT2D eigenvalue weighted by Crippen LogP contribution is -2.30. The number of pyridine rings is 1. The maximum absolute atomic E-state index is 13.2. The number of hydrogen-bond acceptors (Lipinski definition) is 9. The molecule has 0 radical (unpaired) electrons. The first-order valence-corrected chi connectivity index (χ1v) is 13.5. The molecule has 1 amide bonds. The van der Waals surface area contributed by atoms with Crippen LogP contribution in [0.5, 0.6) is 5.88 Å². The van der Waals surface area contributed by atoms with Gasteiger partial charge in [-0.2, -0.15) is 18.2 Å². The van der Waals surface area contributed by atoms with Crippen LogP contribution in [-0.2, 0) is 11.8 Å². The molecule has 0 saturated carbocycles. The number of anilines is 4. The number of halogens is 3. The predicted molar refractivity (Wildman–Crippen MR) is 164 cm³/mol. The van der Waals surface area contributed by atoms with Crippen LogP contribution in [0.4, 0.5) is 36.3 Å². The SMILES string of the molecule is C=CC(=O)Nc1cc(Nc2ncc(C(C)=O)c(-c3cn(C)c4ccccc34)n2)c(OCC(F)(F)F)nc1N(C)CCN(C)C. The number of benzene rings is 1. The van der Waals surface area contributed by atoms with Crippen molar-refractivity contribution >= 4 is 45.7 Å². The molecule has 0 aliphatic rings. The maximum Gasteiger partial charge on any atom is 0.422 e. The lowest BCUT2D eigenvalue weighted by molar-refractivity contribution is -0.153. The molecule has 0 spiro atoms. The zero-order chi connectivity index (χ0) is 32.2. The molecule has 232 valence electrons. The number of carbonyl (C=O) groups excluding carboxylic acids is 2. The first kappa shape index (κ1) is 31.9. The number of amides is 1. The van der Waals surface area contributed by atoms with Gasteiger partial charge in [0.15, 0.2) is 18.2 Å². The number of nitrogens with zero attached hydrogens (tertiary/aromatic N) is 6. The minimum absolute atomic E-state index is 0.0358. The number of Topliss-reactive ketones (excluding diaryl/α,β-unsaturated/α-hetero) is 1. The number of nitrogens with one attached hydrogen (secondary N) is 2. The molecule has 4 rings (SSSR count). The van der Waals surface area contributed by atoms with Gasteiger partial charge in [0, 0.05) is 56.0 Å². The molecule has 0 atom stereocenters. The molecule has 44 heavy (non-hydrogen) atoms. The molecule has 11 nitrogen and oxygen atoms in total. The molecule has 1 aromatic carbocycles. The number of fused-ring (bicyclic) bond motifs is 1. The molecule has 0 aliphatic heterocycles. The average Bonchev–Trinajstić information content (AvgIpc) is 3.31. The van der Waals surface area contributed by atoms with Gasteiger partial charge in [0.05, 0.1) is 16.9 Å². The Morgan fingerprint density at radius 3 is 2.50 bits per heavy atom. The van der Waals surface area contributed by atoms with Crippen molar-refractivity contribution in [2.75, 3.05) is 56.4 Å². The number of alkyl halides is 3. The summed E-state index contributed by atoms with van der Waals surface area (Å²) in [5.74, 6) is -1.07. The van der Waals surface area contributed by atoms with Crippen LogP contribution >= 0.6 is 0 Å². The van der Waals surface area contributed by atoms with E-state index in [1.807, 2.05) is 61.1 Å². The fourth-order valence-corrected chi connectivity index (χ4v) is 4.42. The Labute approximate surface area is 252 Å². The molecule has 3 heterocycles. The van der Waals surface area contributed by atoms with Gasteiger partial charge >= 0.3 is 6.18 Å². The third-order valence-corrected chi connectivity index (χ3v) is 6.59. The van der Waals surface area contributed by atoms with Crippen molar-refractivity contribution in [1.82, 2.24) is 24.4 Å². The zero-order valence-corrected chi connectivity index (χ0v) is 25.0. The van der Waals surface area contributed by atoms with Crippen molar-refractivity contribution in [3.8, 4) is 17.1 Å². The smallest absolute Gasteiger partial charge is 0.422 e. The monoisotopic (exact) mass is 610 g/mol. The Morgan fingerprint density at radius 2 is 1.84 bits per heavy atom. The van der Waals surface area contributed by atoms with E-state index < -0.39 is 24.6 Å². The number of aryl methyl sites for hydroxylation is 1. The second-order valence-corrected chi connectivity index (χ2v) is 10.3. The Kier molecular flexibility index (Phi) is 9.53. The van der Waals surface area contributed by atoms with E-state index in [0.29, 0.717) is 24.3 Å². The van der Waals surface area contributed by atoms with E-state index in [4.69, 9.17) is 4.74 Å². The number of carbonyl (C=O) groups is 2. The number of para-hydroxylation sites is 1. The Bertz CT molecular complexity index is 1700. The maximum atomic E-state index is 13.2. The molecule has 0 bridgehead atoms. The van der Waals surface area contributed by atoms with E-state index in [1.54, 1.807) is 11.9 Å². The Morgan fingerprint density at radius 1 is 1.11 bits per heavy atom. The van der Waals surface area contributed by atoms with Gasteiger partial charge in [-0.3, -0.25) is 9.59 Å². The number of hydrogen-bond donors (Lipinski definition) is 2. The largest absolute Gasteiger partial charge is 0.466 e. The third kappa shape index (κ3) is 7.50. The summed E-state index contributed by atoms with van der Waals surface area (Å²) in [6.45, 7) is 4.29. The van der Waals surface area contributed by atoms with Gasteiger partial charge in [-0.25, -0.2) is 9.97 Å². The van der Waals surface area contributed by atoms with E-state index in [-0.39, 0.29) is 34.5 Å². The standard InChI is InChI=1S/C30H33F3N8O3/c1-7-25(43)35-22-14-23(28(44-17-30(31,32)33)38-27(22)40(5)13-12-39(3)4)36-29-34-15-20(18(2)42)26(37-29)21-16-41(6)24-11-9-8-10-19(21)24/h7-11,14-16H,1,12-13,17H2,2-6H3,(H,35,43)(H,34,36,37). The predicted octanol–water partition coefficient (Wildman–Crippen LogP) is 5.04. The summed E-state index contributed by atoms with van der Waals surface area (Å²) in [5, 5.41) is 6.39. The van der Waals surface area contributed by atoms with Crippen molar-refractivity contribution in [2.45, 2.75) is 13.1 Å². The van der Waals surface area contributed by atoms with Crippen LogP contribution in [-0.4, -0.2) is 83.1 Å². The number of likely N-dealkylation sites (N-methyl/N-ethyl adjacent to an activating group) is 2. The van der Waals surface area contributed by atoms with Crippen LogP contribution in [0, 0.1) is 0 Å². The van der Waals surface area contributed by atoms with Crippen LogP contribution in [0.2, 0.25) is 0 Å². The minimum Gasteiger partial charge on any atom is -0.466 e. The molecular weight excluding hydrogens is 577 g/mol. The van der Waals surface area contributed by atoms with Crippen molar-refractivity contribution in [2.24, 2.45) is 7.05 Å². The van der Waals surface area contributed by atoms with Gasteiger partial charge in [-0.05, 0) is 39.2 Å². The van der Waals surface area contributed by atoms with E-state index in [9.17, 15) is 22.8 Å². The Balaban J connectivity index is 1.84. The van der Waals surface area contributed by atoms with E-state index in [2.05, 4.69) is 32.2 Å². The molecular formula is C30H33F3N8O3. The molecule has 3 aromatic heterocycles. The lowest BCUT2D eigenvalue weighted by atomic mass is 10.0. The lowest BCUT2D eigenvalue weighted by Gasteiger charge is -2.25. The van der Waals surface area contributed by atoms with E-state index >= 15 is 0 Å². The van der Waals surface area contributed by atoms with E-state index in [0.717, 1.165) is 17.0 Å². The van der Waals surface area contributed by atoms with Crippen LogP contribution in [0.1, 0.15) is 17.3 Å². The van der Waals surface area contributed by atoms with Gasteiger partial charge in [0.1, 0.15) is 5.69 Å². The topological polar surface area (TPSA) is 118 Å². The van der Waals surface area contributed by atoms with Crippen molar-refractivity contribution in [3.63, 3.8) is 0 Å². The summed E-state index contributed by atoms with van der Waals surface area (Å²) in [7, 11) is 7.30. The van der Waals surface area contributed by atoms with Crippen molar-refractivity contribution in [1.29, 1.82) is 0 Å². The normalized spacial score (nSPS) is 11.5. The van der Waals surface area contributed by atoms with Gasteiger partial charge in [0.2, 0.25) is 17.7 Å². The second-order valence-electron chi connectivity index (χ2n) is 10.3. The van der Waals surface area contributed by atoms with Gasteiger partial charge in [0.25, 0.3) is 0 Å². The second kappa shape index (κ2) is 13.1. The van der Waals surface area contributed by atoms with Crippen LogP contribution in [0.25, 0.3) is 22.2 Å². The molecule has 2 N–H and O–H groups in total. The molecule has 0 fully saturated rings. The van der Waals surface area contributed by atoms with Gasteiger partial charge in [-0.15, -0.1) is 0 Å². The summed E-state index contributed by atoms with van der Waals surface area (Å²) >= 11 is 0. The highest BCUT2D eigenvalue weighted by atomic mass is 19.4. The van der Waals surface area contributed by atoms with E-state index in [1.165, 1.54) is 19.2 Å². The summed E-state index contributed by atoms with van der Waals surface area (Å²) in [6.07, 6.45) is -0.399. The van der Waals surface area contributed by atoms with Crippen LogP contribution < -0.4 is 20.3 Å². The van der Waals surface area contributed by atoms with Gasteiger partial charge in [-0.1, -0.05) is 24.8 Å². The molecule has 0 aliphatic carbocycles. The first-order chi connectivity index (χ1) is 20.8. The highest BCUT2D eigenvalue weighted by Gasteiger charge is 2.30. The third-order valence-electron chi connectivity index (χ3n) is 6.59. The highest BCUT2D eigenvalue weighted by molar-refractivity contribution is 6.05. The number of aromatic nitrogens is 4. The zero-order valence-electron chi connectivity index (χ0n) is 25.0. The number of rotatable bonds is 12. The molecule has 14 heteroatoms. The Hall–Kier alpha value is -4.98. The molecule has 4 aromatic rings. The fraction of sp³-hybridized carbons (Fsp3) is 0.300. The summed E-state index contributed by atoms with van der Waals surface area (Å²) in [6, 6.07) is 8.98. The first-order valence-electron chi connectivity index (χ1n) is 13.5. The summed E-state index contributed by atoms with van der Waals surface area (Å²) < 4.78 is 46.8. The summed E-state index contributed by atoms with van der Waals surface area (Å²) in [4.78, 5) is 41.7. The molecule has 0 saturated heterocycles. The van der Waals surface area contributed by atoms with Crippen LogP contribution in [0.15, 0.2) is 55.4 Å². The number of ether oxygens (including phenoxy) is 1. The summed E-state index contributed by atoms with van der Waals surface area (Å²) in [5.41, 5.74) is 2.31. The van der Waals surface area contributed by atoms with Crippen LogP contribution in [0.3, 0.4) is 0 Å². The molecule has 0 unspecified atom stereocenters. The van der Waals surface area contributed by atoms with Gasteiger partial charge < -0.3 is 29.7 Å².